The van der Waals surface area contributed by atoms with Gasteiger partial charge in [-0.2, -0.15) is 0 Å². The van der Waals surface area contributed by atoms with Gasteiger partial charge in [0.15, 0.2) is 0 Å². The fourth-order valence-electron chi connectivity index (χ4n) is 3.37. The van der Waals surface area contributed by atoms with Gasteiger partial charge in [-0.15, -0.1) is 5.10 Å². The van der Waals surface area contributed by atoms with Crippen LogP contribution in [-0.4, -0.2) is 42.9 Å². The molecule has 120 valence electrons. The molecule has 2 aromatic rings. The van der Waals surface area contributed by atoms with Crippen LogP contribution < -0.4 is 5.32 Å². The largest absolute Gasteiger partial charge is 0.331 e. The third kappa shape index (κ3) is 2.72. The molecule has 2 aromatic heterocycles. The van der Waals surface area contributed by atoms with Gasteiger partial charge in [0.2, 0.25) is 5.91 Å². The number of pyridine rings is 1. The monoisotopic (exact) mass is 312 g/mol. The second-order valence-electron chi connectivity index (χ2n) is 6.30. The Kier molecular flexibility index (Phi) is 3.57. The van der Waals surface area contributed by atoms with Crippen LogP contribution in [0.5, 0.6) is 0 Å². The molecule has 4 rings (SSSR count). The quantitative estimate of drug-likeness (QED) is 0.884. The van der Waals surface area contributed by atoms with Gasteiger partial charge in [0, 0.05) is 44.5 Å². The van der Waals surface area contributed by atoms with Crippen molar-refractivity contribution in [1.29, 1.82) is 0 Å². The molecule has 0 unspecified atom stereocenters. The van der Waals surface area contributed by atoms with Gasteiger partial charge >= 0.3 is 0 Å². The van der Waals surface area contributed by atoms with Crippen LogP contribution in [0.15, 0.2) is 30.7 Å². The molecule has 0 aromatic carbocycles. The number of carbonyl (C=O) groups excluding carboxylic acids is 1. The Morgan fingerprint density at radius 2 is 2.22 bits per heavy atom. The summed E-state index contributed by atoms with van der Waals surface area (Å²) < 4.78 is 1.75. The van der Waals surface area contributed by atoms with E-state index >= 15 is 0 Å². The standard InChI is InChI=1S/C16H20N6O/c1-21-13(10-19-20-21)9-18-14-7-15(23)22(12-4-5-12)16(14)11-3-2-6-17-8-11/h2-3,6,8,10,12,14,16,18H,4-5,7,9H2,1H3/t14-,16+/m1/s1. The Morgan fingerprint density at radius 1 is 1.35 bits per heavy atom. The maximum absolute atomic E-state index is 12.5. The van der Waals surface area contributed by atoms with E-state index in [-0.39, 0.29) is 18.0 Å². The normalized spacial score (nSPS) is 24.4. The minimum atomic E-state index is 0.0601. The van der Waals surface area contributed by atoms with Crippen molar-refractivity contribution in [2.24, 2.45) is 7.05 Å². The van der Waals surface area contributed by atoms with Crippen molar-refractivity contribution in [3.05, 3.63) is 42.0 Å². The minimum Gasteiger partial charge on any atom is -0.331 e. The molecule has 0 spiro atoms. The van der Waals surface area contributed by atoms with Crippen molar-refractivity contribution in [3.8, 4) is 0 Å². The lowest BCUT2D eigenvalue weighted by Crippen LogP contribution is -2.37. The predicted octanol–water partition coefficient (Wildman–Crippen LogP) is 0.804. The zero-order chi connectivity index (χ0) is 15.8. The number of carbonyl (C=O) groups is 1. The van der Waals surface area contributed by atoms with Crippen molar-refractivity contribution in [2.75, 3.05) is 0 Å². The van der Waals surface area contributed by atoms with E-state index in [9.17, 15) is 4.79 Å². The van der Waals surface area contributed by atoms with E-state index in [1.807, 2.05) is 19.3 Å². The lowest BCUT2D eigenvalue weighted by Gasteiger charge is -2.29. The van der Waals surface area contributed by atoms with Gasteiger partial charge in [0.25, 0.3) is 0 Å². The maximum atomic E-state index is 12.5. The molecule has 1 aliphatic carbocycles. The number of aromatic nitrogens is 4. The Hall–Kier alpha value is -2.28. The summed E-state index contributed by atoms with van der Waals surface area (Å²) in [6, 6.07) is 4.54. The second-order valence-corrected chi connectivity index (χ2v) is 6.30. The van der Waals surface area contributed by atoms with Crippen molar-refractivity contribution in [3.63, 3.8) is 0 Å². The van der Waals surface area contributed by atoms with Crippen LogP contribution in [0, 0.1) is 0 Å². The highest BCUT2D eigenvalue weighted by molar-refractivity contribution is 5.81. The van der Waals surface area contributed by atoms with E-state index in [0.29, 0.717) is 19.0 Å². The fourth-order valence-corrected chi connectivity index (χ4v) is 3.37. The Bertz CT molecular complexity index is 696. The first kappa shape index (κ1) is 14.3. The summed E-state index contributed by atoms with van der Waals surface area (Å²) >= 11 is 0. The summed E-state index contributed by atoms with van der Waals surface area (Å²) in [5, 5.41) is 11.4. The van der Waals surface area contributed by atoms with Crippen LogP contribution >= 0.6 is 0 Å². The SMILES string of the molecule is Cn1nncc1CN[C@@H]1CC(=O)N(C2CC2)[C@H]1c1cccnc1. The van der Waals surface area contributed by atoms with Crippen LogP contribution in [0.2, 0.25) is 0 Å². The topological polar surface area (TPSA) is 75.9 Å². The molecule has 3 heterocycles. The Labute approximate surface area is 134 Å². The first-order valence-corrected chi connectivity index (χ1v) is 8.02. The van der Waals surface area contributed by atoms with E-state index in [1.165, 1.54) is 0 Å². The van der Waals surface area contributed by atoms with E-state index in [1.54, 1.807) is 17.1 Å². The van der Waals surface area contributed by atoms with Crippen molar-refractivity contribution >= 4 is 5.91 Å². The van der Waals surface area contributed by atoms with Gasteiger partial charge < -0.3 is 10.2 Å². The van der Waals surface area contributed by atoms with E-state index in [2.05, 4.69) is 31.6 Å². The first-order valence-electron chi connectivity index (χ1n) is 8.02. The van der Waals surface area contributed by atoms with Gasteiger partial charge in [-0.05, 0) is 24.5 Å². The smallest absolute Gasteiger partial charge is 0.225 e. The molecule has 1 aliphatic heterocycles. The molecular formula is C16H20N6O. The van der Waals surface area contributed by atoms with Crippen LogP contribution in [0.3, 0.4) is 0 Å². The van der Waals surface area contributed by atoms with Crippen molar-refractivity contribution in [2.45, 2.75) is 43.9 Å². The molecule has 0 bridgehead atoms. The Morgan fingerprint density at radius 3 is 2.87 bits per heavy atom. The third-order valence-corrected chi connectivity index (χ3v) is 4.68. The average molecular weight is 312 g/mol. The number of nitrogens with one attached hydrogen (secondary N) is 1. The molecule has 2 fully saturated rings. The fraction of sp³-hybridized carbons (Fsp3) is 0.500. The van der Waals surface area contributed by atoms with E-state index < -0.39 is 0 Å². The molecule has 2 atom stereocenters. The number of nitrogens with zero attached hydrogens (tertiary/aromatic N) is 5. The van der Waals surface area contributed by atoms with Gasteiger partial charge in [0.05, 0.1) is 17.9 Å². The molecule has 1 N–H and O–H groups in total. The molecule has 7 heteroatoms. The molecule has 0 radical (unpaired) electrons. The predicted molar refractivity (Wildman–Crippen MR) is 83.1 cm³/mol. The van der Waals surface area contributed by atoms with Crippen LogP contribution in [-0.2, 0) is 18.4 Å². The lowest BCUT2D eigenvalue weighted by atomic mass is 10.0. The third-order valence-electron chi connectivity index (χ3n) is 4.68. The highest BCUT2D eigenvalue weighted by Crippen LogP contribution is 2.41. The summed E-state index contributed by atoms with van der Waals surface area (Å²) in [4.78, 5) is 18.8. The Balaban J connectivity index is 1.57. The summed E-state index contributed by atoms with van der Waals surface area (Å²) in [5.74, 6) is 0.238. The van der Waals surface area contributed by atoms with E-state index in [4.69, 9.17) is 0 Å². The zero-order valence-corrected chi connectivity index (χ0v) is 13.1. The number of hydrogen-bond acceptors (Lipinski definition) is 5. The highest BCUT2D eigenvalue weighted by atomic mass is 16.2. The molecule has 1 saturated carbocycles. The average Bonchev–Trinajstić information content (AvgIpc) is 3.23. The second kappa shape index (κ2) is 5.73. The van der Waals surface area contributed by atoms with Crippen LogP contribution in [0.25, 0.3) is 0 Å². The summed E-state index contributed by atoms with van der Waals surface area (Å²) in [5.41, 5.74) is 2.11. The number of hydrogen-bond donors (Lipinski definition) is 1. The summed E-state index contributed by atoms with van der Waals surface area (Å²) in [7, 11) is 1.87. The first-order chi connectivity index (χ1) is 11.2. The van der Waals surface area contributed by atoms with E-state index in [0.717, 1.165) is 24.1 Å². The molecular weight excluding hydrogens is 292 g/mol. The van der Waals surface area contributed by atoms with Gasteiger partial charge in [-0.25, -0.2) is 0 Å². The van der Waals surface area contributed by atoms with Gasteiger partial charge in [-0.3, -0.25) is 14.5 Å². The van der Waals surface area contributed by atoms with Crippen LogP contribution in [0.4, 0.5) is 0 Å². The number of rotatable bonds is 5. The lowest BCUT2D eigenvalue weighted by molar-refractivity contribution is -0.129. The maximum Gasteiger partial charge on any atom is 0.225 e. The van der Waals surface area contributed by atoms with Crippen molar-refractivity contribution < 1.29 is 4.79 Å². The number of amides is 1. The number of likely N-dealkylation sites (tertiary alicyclic amines) is 1. The van der Waals surface area contributed by atoms with Gasteiger partial charge in [-0.1, -0.05) is 11.3 Å². The number of aryl methyl sites for hydroxylation is 1. The molecule has 2 aliphatic rings. The molecule has 7 nitrogen and oxygen atoms in total. The molecule has 23 heavy (non-hydrogen) atoms. The summed E-state index contributed by atoms with van der Waals surface area (Å²) in [6.07, 6.45) is 8.15. The van der Waals surface area contributed by atoms with Crippen LogP contribution in [0.1, 0.15) is 36.6 Å². The molecule has 1 amide bonds. The minimum absolute atomic E-state index is 0.0601. The van der Waals surface area contributed by atoms with Crippen molar-refractivity contribution in [1.82, 2.24) is 30.2 Å². The summed E-state index contributed by atoms with van der Waals surface area (Å²) in [6.45, 7) is 0.650. The molecule has 1 saturated heterocycles. The zero-order valence-electron chi connectivity index (χ0n) is 13.1. The van der Waals surface area contributed by atoms with Gasteiger partial charge in [0.1, 0.15) is 0 Å². The highest BCUT2D eigenvalue weighted by Gasteiger charge is 2.47.